The molecule has 0 saturated heterocycles. The summed E-state index contributed by atoms with van der Waals surface area (Å²) < 4.78 is 0. The number of carbonyl (C=O) groups excluding carboxylic acids is 1. The Kier molecular flexibility index (Phi) is 8.14. The number of amides is 1. The lowest BCUT2D eigenvalue weighted by molar-refractivity contribution is -0.141. The van der Waals surface area contributed by atoms with E-state index in [0.29, 0.717) is 5.92 Å². The third-order valence-electron chi connectivity index (χ3n) is 5.53. The van der Waals surface area contributed by atoms with Gasteiger partial charge in [-0.05, 0) is 30.2 Å². The molecule has 1 N–H and O–H groups in total. The van der Waals surface area contributed by atoms with Crippen molar-refractivity contribution in [3.05, 3.63) is 35.9 Å². The lowest BCUT2D eigenvalue weighted by Gasteiger charge is -2.38. The van der Waals surface area contributed by atoms with Gasteiger partial charge in [0.25, 0.3) is 0 Å². The second-order valence-corrected chi connectivity index (χ2v) is 8.45. The van der Waals surface area contributed by atoms with Crippen molar-refractivity contribution in [1.82, 2.24) is 4.90 Å². The Morgan fingerprint density at radius 3 is 2.20 bits per heavy atom. The molecular formula is C22H37NO2. The van der Waals surface area contributed by atoms with Gasteiger partial charge >= 0.3 is 0 Å². The van der Waals surface area contributed by atoms with Crippen molar-refractivity contribution < 1.29 is 9.90 Å². The zero-order valence-corrected chi connectivity index (χ0v) is 17.1. The van der Waals surface area contributed by atoms with Gasteiger partial charge in [-0.1, -0.05) is 77.8 Å². The van der Waals surface area contributed by atoms with E-state index >= 15 is 0 Å². The van der Waals surface area contributed by atoms with Gasteiger partial charge < -0.3 is 10.0 Å². The Balaban J connectivity index is 2.87. The molecule has 0 bridgehead atoms. The molecule has 0 saturated carbocycles. The van der Waals surface area contributed by atoms with Gasteiger partial charge in [0, 0.05) is 13.0 Å². The number of hydrogen-bond acceptors (Lipinski definition) is 2. The van der Waals surface area contributed by atoms with E-state index in [1.54, 1.807) is 4.90 Å². The number of carbonyl (C=O) groups is 1. The van der Waals surface area contributed by atoms with Gasteiger partial charge in [-0.2, -0.15) is 0 Å². The fraction of sp³-hybridized carbons (Fsp3) is 0.682. The van der Waals surface area contributed by atoms with E-state index in [1.807, 2.05) is 51.2 Å². The second-order valence-electron chi connectivity index (χ2n) is 8.45. The van der Waals surface area contributed by atoms with E-state index in [2.05, 4.69) is 27.7 Å². The summed E-state index contributed by atoms with van der Waals surface area (Å²) in [6.45, 7) is 12.8. The highest BCUT2D eigenvalue weighted by molar-refractivity contribution is 5.79. The van der Waals surface area contributed by atoms with Crippen LogP contribution in [0.1, 0.15) is 72.5 Å². The van der Waals surface area contributed by atoms with Crippen molar-refractivity contribution >= 4 is 5.91 Å². The van der Waals surface area contributed by atoms with Gasteiger partial charge in [-0.3, -0.25) is 4.79 Å². The number of rotatable bonds is 8. The Morgan fingerprint density at radius 1 is 1.16 bits per heavy atom. The first kappa shape index (κ1) is 21.7. The summed E-state index contributed by atoms with van der Waals surface area (Å²) in [5.41, 5.74) is 0.937. The summed E-state index contributed by atoms with van der Waals surface area (Å²) in [4.78, 5) is 14.8. The minimum atomic E-state index is -0.675. The van der Waals surface area contributed by atoms with Crippen molar-refractivity contribution in [1.29, 1.82) is 0 Å². The van der Waals surface area contributed by atoms with Crippen molar-refractivity contribution in [2.24, 2.45) is 17.3 Å². The van der Waals surface area contributed by atoms with Crippen molar-refractivity contribution in [2.45, 2.75) is 73.0 Å². The predicted octanol–water partition coefficient (Wildman–Crippen LogP) is 5.06. The van der Waals surface area contributed by atoms with Gasteiger partial charge in [0.05, 0.1) is 12.1 Å². The van der Waals surface area contributed by atoms with Gasteiger partial charge in [0.15, 0.2) is 0 Å². The highest BCUT2D eigenvalue weighted by Crippen LogP contribution is 2.37. The zero-order chi connectivity index (χ0) is 19.2. The maximum absolute atomic E-state index is 13.1. The Morgan fingerprint density at radius 2 is 1.72 bits per heavy atom. The number of nitrogens with zero attached hydrogens (tertiary/aromatic N) is 1. The van der Waals surface area contributed by atoms with Crippen LogP contribution in [0.3, 0.4) is 0 Å². The van der Waals surface area contributed by atoms with Crippen LogP contribution in [-0.2, 0) is 4.79 Å². The smallest absolute Gasteiger partial charge is 0.225 e. The third-order valence-corrected chi connectivity index (χ3v) is 5.53. The molecule has 1 aromatic carbocycles. The largest absolute Gasteiger partial charge is 0.386 e. The second kappa shape index (κ2) is 9.38. The first-order valence-corrected chi connectivity index (χ1v) is 9.60. The molecule has 0 fully saturated rings. The van der Waals surface area contributed by atoms with Crippen LogP contribution in [0, 0.1) is 17.3 Å². The number of benzene rings is 1. The van der Waals surface area contributed by atoms with E-state index in [-0.39, 0.29) is 23.3 Å². The summed E-state index contributed by atoms with van der Waals surface area (Å²) in [7, 11) is 1.81. The van der Waals surface area contributed by atoms with Gasteiger partial charge in [0.1, 0.15) is 0 Å². The van der Waals surface area contributed by atoms with Crippen LogP contribution in [0.5, 0.6) is 0 Å². The van der Waals surface area contributed by atoms with E-state index < -0.39 is 6.10 Å². The molecule has 1 amide bonds. The monoisotopic (exact) mass is 347 g/mol. The van der Waals surface area contributed by atoms with Crippen LogP contribution >= 0.6 is 0 Å². The van der Waals surface area contributed by atoms with Crippen molar-refractivity contribution in [3.63, 3.8) is 0 Å². The molecule has 0 spiro atoms. The van der Waals surface area contributed by atoms with E-state index in [1.165, 1.54) is 0 Å². The van der Waals surface area contributed by atoms with Crippen LogP contribution in [0.2, 0.25) is 0 Å². The molecule has 0 aromatic heterocycles. The topological polar surface area (TPSA) is 40.5 Å². The molecule has 0 radical (unpaired) electrons. The molecule has 142 valence electrons. The maximum Gasteiger partial charge on any atom is 0.225 e. The molecule has 3 nitrogen and oxygen atoms in total. The number of unbranched alkanes of at least 4 members (excludes halogenated alkanes) is 1. The van der Waals surface area contributed by atoms with Gasteiger partial charge in [-0.25, -0.2) is 0 Å². The van der Waals surface area contributed by atoms with Crippen molar-refractivity contribution in [2.75, 3.05) is 7.05 Å². The molecule has 0 aliphatic rings. The SMILES string of the molecule is CCCC[C@@H]([C@H](C)C(=O)N(C)[C@@H](C)[C@@H](O)c1ccccc1)C(C)(C)C. The average Bonchev–Trinajstić information content (AvgIpc) is 2.58. The molecule has 3 heteroatoms. The summed E-state index contributed by atoms with van der Waals surface area (Å²) >= 11 is 0. The highest BCUT2D eigenvalue weighted by Gasteiger charge is 2.36. The average molecular weight is 348 g/mol. The third kappa shape index (κ3) is 5.85. The Hall–Kier alpha value is -1.35. The summed E-state index contributed by atoms with van der Waals surface area (Å²) in [5, 5.41) is 10.6. The van der Waals surface area contributed by atoms with E-state index in [9.17, 15) is 9.90 Å². The van der Waals surface area contributed by atoms with Gasteiger partial charge in [0.2, 0.25) is 5.91 Å². The predicted molar refractivity (Wildman–Crippen MR) is 105 cm³/mol. The van der Waals surface area contributed by atoms with Crippen LogP contribution in [0.25, 0.3) is 0 Å². The molecule has 0 aliphatic heterocycles. The van der Waals surface area contributed by atoms with Crippen LogP contribution in [0.4, 0.5) is 0 Å². The first-order chi connectivity index (χ1) is 11.6. The van der Waals surface area contributed by atoms with E-state index in [0.717, 1.165) is 24.8 Å². The molecule has 4 atom stereocenters. The molecule has 0 unspecified atom stereocenters. The van der Waals surface area contributed by atoms with Gasteiger partial charge in [-0.15, -0.1) is 0 Å². The Bertz CT molecular complexity index is 521. The summed E-state index contributed by atoms with van der Waals surface area (Å²) in [5.74, 6) is 0.406. The molecule has 25 heavy (non-hydrogen) atoms. The molecule has 1 rings (SSSR count). The highest BCUT2D eigenvalue weighted by atomic mass is 16.3. The van der Waals surface area contributed by atoms with Crippen molar-refractivity contribution in [3.8, 4) is 0 Å². The van der Waals surface area contributed by atoms with Crippen LogP contribution in [0.15, 0.2) is 30.3 Å². The number of hydrogen-bond donors (Lipinski definition) is 1. The minimum Gasteiger partial charge on any atom is -0.386 e. The first-order valence-electron chi connectivity index (χ1n) is 9.60. The normalized spacial score (nSPS) is 16.8. The molecule has 1 aromatic rings. The minimum absolute atomic E-state index is 0.0537. The molecule has 0 aliphatic carbocycles. The Labute approximate surface area is 154 Å². The summed E-state index contributed by atoms with van der Waals surface area (Å²) in [6, 6.07) is 9.31. The maximum atomic E-state index is 13.1. The quantitative estimate of drug-likeness (QED) is 0.714. The standard InChI is InChI=1S/C22H37NO2/c1-8-9-15-19(22(4,5)6)16(2)21(25)23(7)17(3)20(24)18-13-11-10-12-14-18/h10-14,16-17,19-20,24H,8-9,15H2,1-7H3/t16-,17-,19-,20+/m0/s1. The molecular weight excluding hydrogens is 310 g/mol. The fourth-order valence-corrected chi connectivity index (χ4v) is 3.69. The molecule has 0 heterocycles. The lowest BCUT2D eigenvalue weighted by Crippen LogP contribution is -2.45. The van der Waals surface area contributed by atoms with Crippen LogP contribution < -0.4 is 0 Å². The number of aliphatic hydroxyl groups excluding tert-OH is 1. The fourth-order valence-electron chi connectivity index (χ4n) is 3.69. The zero-order valence-electron chi connectivity index (χ0n) is 17.1. The summed E-state index contributed by atoms with van der Waals surface area (Å²) in [6.07, 6.45) is 2.68. The number of likely N-dealkylation sites (N-methyl/N-ethyl adjacent to an activating group) is 1. The van der Waals surface area contributed by atoms with E-state index in [4.69, 9.17) is 0 Å². The van der Waals surface area contributed by atoms with Crippen LogP contribution in [-0.4, -0.2) is 29.0 Å². The lowest BCUT2D eigenvalue weighted by atomic mass is 9.70. The number of aliphatic hydroxyl groups is 1.